The second kappa shape index (κ2) is 10.0. The molecule has 0 aliphatic heterocycles. The zero-order chi connectivity index (χ0) is 24.4. The van der Waals surface area contributed by atoms with Crippen molar-refractivity contribution < 1.29 is 19.7 Å². The van der Waals surface area contributed by atoms with Gasteiger partial charge in [-0.05, 0) is 88.8 Å². The van der Waals surface area contributed by atoms with Gasteiger partial charge in [0.15, 0.2) is 0 Å². The molecule has 32 heavy (non-hydrogen) atoms. The first-order valence-electron chi connectivity index (χ1n) is 11.4. The van der Waals surface area contributed by atoms with Gasteiger partial charge in [-0.25, -0.2) is 0 Å². The van der Waals surface area contributed by atoms with E-state index in [1.807, 2.05) is 39.8 Å². The predicted octanol–water partition coefficient (Wildman–Crippen LogP) is 6.14. The summed E-state index contributed by atoms with van der Waals surface area (Å²) in [5, 5.41) is 20.7. The number of aromatic hydroxyl groups is 2. The van der Waals surface area contributed by atoms with Gasteiger partial charge in [0.05, 0.1) is 7.11 Å². The average Bonchev–Trinajstić information content (AvgIpc) is 2.70. The minimum Gasteiger partial charge on any atom is -0.508 e. The van der Waals surface area contributed by atoms with Crippen LogP contribution in [0.4, 0.5) is 0 Å². The molecule has 0 atom stereocenters. The molecule has 0 aliphatic carbocycles. The fourth-order valence-electron chi connectivity index (χ4n) is 4.01. The van der Waals surface area contributed by atoms with Gasteiger partial charge in [0, 0.05) is 29.8 Å². The lowest BCUT2D eigenvalue weighted by molar-refractivity contribution is 0.102. The van der Waals surface area contributed by atoms with Crippen LogP contribution in [0, 0.1) is 27.7 Å². The van der Waals surface area contributed by atoms with E-state index in [4.69, 9.17) is 9.47 Å². The maximum Gasteiger partial charge on any atom is 0.127 e. The van der Waals surface area contributed by atoms with Crippen LogP contribution in [0.5, 0.6) is 23.0 Å². The minimum atomic E-state index is -0.110. The fraction of sp³-hybridized carbons (Fsp3) is 0.556. The number of hydrogen-bond acceptors (Lipinski definition) is 5. The highest BCUT2D eigenvalue weighted by Crippen LogP contribution is 2.38. The Morgan fingerprint density at radius 1 is 0.969 bits per heavy atom. The summed E-state index contributed by atoms with van der Waals surface area (Å²) in [5.41, 5.74) is 5.40. The van der Waals surface area contributed by atoms with E-state index >= 15 is 0 Å². The molecule has 0 aliphatic rings. The second-order valence-electron chi connectivity index (χ2n) is 10.0. The normalized spacial score (nSPS) is 12.0. The molecule has 5 heteroatoms. The highest BCUT2D eigenvalue weighted by atomic mass is 16.5. The number of phenols is 2. The van der Waals surface area contributed by atoms with Crippen molar-refractivity contribution in [3.05, 3.63) is 45.5 Å². The van der Waals surface area contributed by atoms with Crippen LogP contribution in [0.2, 0.25) is 0 Å². The van der Waals surface area contributed by atoms with E-state index in [1.165, 1.54) is 0 Å². The summed E-state index contributed by atoms with van der Waals surface area (Å²) in [6.45, 7) is 20.3. The molecule has 178 valence electrons. The van der Waals surface area contributed by atoms with Crippen molar-refractivity contribution in [1.29, 1.82) is 0 Å². The first-order chi connectivity index (χ1) is 14.8. The van der Waals surface area contributed by atoms with Gasteiger partial charge in [-0.2, -0.15) is 0 Å². The molecule has 0 fully saturated rings. The molecular formula is C27H41NO4. The van der Waals surface area contributed by atoms with Crippen molar-refractivity contribution in [3.63, 3.8) is 0 Å². The standard InChI is InChI=1S/C27H41NO4/c1-16(2)21-14-23(29)17(3)13-24(21)32-12-11-28(27(7,8)9)15-22-20(6)25(30)18(4)19(5)26(22)31-10/h13-14,16,29-30H,11-12,15H2,1-10H3. The Bertz CT molecular complexity index is 958. The molecular weight excluding hydrogens is 402 g/mol. The lowest BCUT2D eigenvalue weighted by Gasteiger charge is -2.36. The summed E-state index contributed by atoms with van der Waals surface area (Å²) in [5.74, 6) is 2.55. The highest BCUT2D eigenvalue weighted by Gasteiger charge is 2.26. The Balaban J connectivity index is 2.29. The van der Waals surface area contributed by atoms with Gasteiger partial charge in [-0.1, -0.05) is 13.8 Å². The van der Waals surface area contributed by atoms with Crippen LogP contribution in [0.15, 0.2) is 12.1 Å². The first kappa shape index (κ1) is 25.9. The topological polar surface area (TPSA) is 62.2 Å². The zero-order valence-corrected chi connectivity index (χ0v) is 21.5. The van der Waals surface area contributed by atoms with Gasteiger partial charge < -0.3 is 19.7 Å². The van der Waals surface area contributed by atoms with Crippen LogP contribution >= 0.6 is 0 Å². The second-order valence-corrected chi connectivity index (χ2v) is 10.0. The van der Waals surface area contributed by atoms with Crippen molar-refractivity contribution in [3.8, 4) is 23.0 Å². The van der Waals surface area contributed by atoms with Crippen LogP contribution in [-0.4, -0.2) is 40.9 Å². The van der Waals surface area contributed by atoms with Crippen molar-refractivity contribution >= 4 is 0 Å². The van der Waals surface area contributed by atoms with E-state index in [0.29, 0.717) is 31.2 Å². The molecule has 2 N–H and O–H groups in total. The van der Waals surface area contributed by atoms with Crippen LogP contribution in [0.1, 0.15) is 73.9 Å². The van der Waals surface area contributed by atoms with Gasteiger partial charge >= 0.3 is 0 Å². The van der Waals surface area contributed by atoms with Crippen molar-refractivity contribution in [2.45, 2.75) is 80.3 Å². The largest absolute Gasteiger partial charge is 0.508 e. The summed E-state index contributed by atoms with van der Waals surface area (Å²) in [4.78, 5) is 2.34. The molecule has 0 spiro atoms. The van der Waals surface area contributed by atoms with Gasteiger partial charge in [0.2, 0.25) is 0 Å². The number of methoxy groups -OCH3 is 1. The summed E-state index contributed by atoms with van der Waals surface area (Å²) < 4.78 is 12.0. The molecule has 0 saturated carbocycles. The quantitative estimate of drug-likeness (QED) is 0.513. The highest BCUT2D eigenvalue weighted by molar-refractivity contribution is 5.57. The Morgan fingerprint density at radius 3 is 2.12 bits per heavy atom. The molecule has 0 aromatic heterocycles. The summed E-state index contributed by atoms with van der Waals surface area (Å²) in [7, 11) is 1.69. The van der Waals surface area contributed by atoms with Crippen molar-refractivity contribution in [2.24, 2.45) is 0 Å². The van der Waals surface area contributed by atoms with Gasteiger partial charge in [-0.15, -0.1) is 0 Å². The number of nitrogens with zero attached hydrogens (tertiary/aromatic N) is 1. The average molecular weight is 444 g/mol. The summed E-state index contributed by atoms with van der Waals surface area (Å²) in [6, 6.07) is 3.73. The Kier molecular flexibility index (Phi) is 8.11. The number of hydrogen-bond donors (Lipinski definition) is 2. The SMILES string of the molecule is COc1c(C)c(C)c(O)c(C)c1CN(CCOc1cc(C)c(O)cc1C(C)C)C(C)(C)C. The number of ether oxygens (including phenoxy) is 2. The Morgan fingerprint density at radius 2 is 1.59 bits per heavy atom. The lowest BCUT2D eigenvalue weighted by atomic mass is 9.95. The molecule has 2 rings (SSSR count). The lowest BCUT2D eigenvalue weighted by Crippen LogP contribution is -2.43. The smallest absolute Gasteiger partial charge is 0.127 e. The fourth-order valence-corrected chi connectivity index (χ4v) is 4.01. The van der Waals surface area contributed by atoms with E-state index in [2.05, 4.69) is 39.5 Å². The Hall–Kier alpha value is -2.40. The van der Waals surface area contributed by atoms with E-state index < -0.39 is 0 Å². The third-order valence-corrected chi connectivity index (χ3v) is 6.41. The molecule has 0 heterocycles. The molecule has 0 radical (unpaired) electrons. The minimum absolute atomic E-state index is 0.110. The summed E-state index contributed by atoms with van der Waals surface area (Å²) in [6.07, 6.45) is 0. The number of phenolic OH excluding ortho intramolecular Hbond substituents is 2. The molecule has 2 aromatic rings. The van der Waals surface area contributed by atoms with E-state index in [-0.39, 0.29) is 11.5 Å². The third kappa shape index (κ3) is 5.50. The van der Waals surface area contributed by atoms with Crippen LogP contribution < -0.4 is 9.47 Å². The predicted molar refractivity (Wildman–Crippen MR) is 131 cm³/mol. The molecule has 5 nitrogen and oxygen atoms in total. The van der Waals surface area contributed by atoms with E-state index in [1.54, 1.807) is 7.11 Å². The van der Waals surface area contributed by atoms with Crippen LogP contribution in [0.25, 0.3) is 0 Å². The maximum atomic E-state index is 10.6. The first-order valence-corrected chi connectivity index (χ1v) is 11.4. The van der Waals surface area contributed by atoms with Crippen molar-refractivity contribution in [1.82, 2.24) is 4.90 Å². The third-order valence-electron chi connectivity index (χ3n) is 6.41. The van der Waals surface area contributed by atoms with E-state index in [9.17, 15) is 10.2 Å². The zero-order valence-electron chi connectivity index (χ0n) is 21.5. The molecule has 2 aromatic carbocycles. The number of aryl methyl sites for hydroxylation is 1. The van der Waals surface area contributed by atoms with Crippen molar-refractivity contribution in [2.75, 3.05) is 20.3 Å². The molecule has 0 saturated heterocycles. The van der Waals surface area contributed by atoms with Crippen LogP contribution in [0.3, 0.4) is 0 Å². The monoisotopic (exact) mass is 443 g/mol. The number of rotatable bonds is 8. The summed E-state index contributed by atoms with van der Waals surface area (Å²) >= 11 is 0. The molecule has 0 bridgehead atoms. The van der Waals surface area contributed by atoms with Gasteiger partial charge in [0.25, 0.3) is 0 Å². The Labute approximate surface area is 194 Å². The van der Waals surface area contributed by atoms with E-state index in [0.717, 1.165) is 44.9 Å². The maximum absolute atomic E-state index is 10.6. The van der Waals surface area contributed by atoms with Crippen LogP contribution in [-0.2, 0) is 6.54 Å². The van der Waals surface area contributed by atoms with Gasteiger partial charge in [0.1, 0.15) is 29.6 Å². The van der Waals surface area contributed by atoms with Gasteiger partial charge in [-0.3, -0.25) is 4.90 Å². The number of benzene rings is 2. The molecule has 0 unspecified atom stereocenters. The molecule has 0 amide bonds.